The van der Waals surface area contributed by atoms with E-state index in [-0.39, 0.29) is 30.1 Å². The van der Waals surface area contributed by atoms with Crippen molar-refractivity contribution in [1.82, 2.24) is 0 Å². The van der Waals surface area contributed by atoms with Gasteiger partial charge in [-0.2, -0.15) is 22.0 Å². The van der Waals surface area contributed by atoms with Crippen LogP contribution in [0.3, 0.4) is 0 Å². The Labute approximate surface area is 273 Å². The third-order valence-corrected chi connectivity index (χ3v) is 12.3. The number of hydrogen-bond acceptors (Lipinski definition) is 4. The molecule has 4 fully saturated rings. The number of benzene rings is 2. The van der Waals surface area contributed by atoms with Crippen LogP contribution in [0.15, 0.2) is 65.7 Å². The van der Waals surface area contributed by atoms with Crippen molar-refractivity contribution < 1.29 is 41.3 Å². The van der Waals surface area contributed by atoms with E-state index in [9.17, 15) is 18.3 Å². The molecule has 256 valence electrons. The summed E-state index contributed by atoms with van der Waals surface area (Å²) in [6, 6.07) is 17.3. The van der Waals surface area contributed by atoms with Crippen LogP contribution in [0.2, 0.25) is 0 Å². The number of rotatable bonds is 5. The van der Waals surface area contributed by atoms with Gasteiger partial charge in [0, 0.05) is 29.6 Å². The fourth-order valence-corrected chi connectivity index (χ4v) is 9.82. The first-order valence-electron chi connectivity index (χ1n) is 17.0. The van der Waals surface area contributed by atoms with Gasteiger partial charge in [-0.25, -0.2) is 0 Å². The van der Waals surface area contributed by atoms with Crippen molar-refractivity contribution in [3.63, 3.8) is 0 Å². The molecular formula is C38H45F5O4. The van der Waals surface area contributed by atoms with E-state index >= 15 is 8.78 Å². The van der Waals surface area contributed by atoms with E-state index in [2.05, 4.69) is 13.8 Å². The highest BCUT2D eigenvalue weighted by atomic mass is 19.4. The topological polar surface area (TPSA) is 47.9 Å². The van der Waals surface area contributed by atoms with Crippen molar-refractivity contribution in [2.24, 2.45) is 28.6 Å². The first-order valence-corrected chi connectivity index (χ1v) is 17.0. The lowest BCUT2D eigenvalue weighted by atomic mass is 9.49. The van der Waals surface area contributed by atoms with E-state index in [1.807, 2.05) is 54.6 Å². The highest BCUT2D eigenvalue weighted by Gasteiger charge is 2.79. The molecule has 9 heteroatoms. The molecule has 3 saturated carbocycles. The van der Waals surface area contributed by atoms with Crippen LogP contribution in [-0.4, -0.2) is 41.8 Å². The second-order valence-electron chi connectivity index (χ2n) is 15.8. The Morgan fingerprint density at radius 3 is 2.19 bits per heavy atom. The van der Waals surface area contributed by atoms with Crippen LogP contribution < -0.4 is 4.74 Å². The number of fused-ring (bicyclic) bond motifs is 4. The fraction of sp³-hybridized carbons (Fsp3) is 0.632. The highest BCUT2D eigenvalue weighted by molar-refractivity contribution is 5.43. The van der Waals surface area contributed by atoms with Crippen LogP contribution in [0.4, 0.5) is 22.0 Å². The standard InChI is InChI=1S/C38H45F5O4/c1-33(2)22-46-35(47-23-33)17-15-28-26(19-35)11-14-29-31-16-18-36(44,37(39,40)38(41,42)43)34(31,3)20-30(32(28)29)25-9-12-27(13-10-25)45-21-24-7-5-4-6-8-24/h4-10,12-13,26,29-31,44H,11,14-23H2,1-3H3/t26?,29?,30-,31?,34+,36+/m1/s1. The molecule has 3 unspecified atom stereocenters. The SMILES string of the molecule is CC1(C)COC2(CCC3=C4C(CCC3C2)C2CC[C@@](O)(C(F)(F)C(F)(F)F)[C@@]2(C)C[C@@H]4c2ccc(OCc3ccccc3)cc2)OC1. The van der Waals surface area contributed by atoms with Gasteiger partial charge >= 0.3 is 12.1 Å². The minimum atomic E-state index is -5.85. The zero-order valence-electron chi connectivity index (χ0n) is 27.3. The number of halogens is 5. The van der Waals surface area contributed by atoms with Crippen molar-refractivity contribution >= 4 is 0 Å². The van der Waals surface area contributed by atoms with Crippen LogP contribution in [0, 0.1) is 28.6 Å². The van der Waals surface area contributed by atoms with Crippen molar-refractivity contribution in [3.8, 4) is 5.75 Å². The van der Waals surface area contributed by atoms with Gasteiger partial charge in [0.1, 0.15) is 18.0 Å². The lowest BCUT2D eigenvalue weighted by Crippen LogP contribution is -2.65. The van der Waals surface area contributed by atoms with Crippen molar-refractivity contribution in [1.29, 1.82) is 0 Å². The first-order chi connectivity index (χ1) is 22.1. The predicted octanol–water partition coefficient (Wildman–Crippen LogP) is 9.37. The largest absolute Gasteiger partial charge is 0.489 e. The minimum Gasteiger partial charge on any atom is -0.489 e. The quantitative estimate of drug-likeness (QED) is 0.257. The Bertz CT molecular complexity index is 1490. The van der Waals surface area contributed by atoms with E-state index < -0.39 is 47.2 Å². The molecule has 1 heterocycles. The van der Waals surface area contributed by atoms with Gasteiger partial charge in [-0.3, -0.25) is 0 Å². The van der Waals surface area contributed by atoms with Gasteiger partial charge in [-0.1, -0.05) is 74.4 Å². The summed E-state index contributed by atoms with van der Waals surface area (Å²) < 4.78 is 91.3. The molecule has 0 radical (unpaired) electrons. The van der Waals surface area contributed by atoms with Gasteiger partial charge in [0.2, 0.25) is 0 Å². The first kappa shape index (κ1) is 33.0. The smallest absolute Gasteiger partial charge is 0.456 e. The van der Waals surface area contributed by atoms with Gasteiger partial charge in [0.15, 0.2) is 5.79 Å². The Hall–Kier alpha value is -2.49. The number of alkyl halides is 5. The summed E-state index contributed by atoms with van der Waals surface area (Å²) in [5, 5.41) is 11.6. The van der Waals surface area contributed by atoms with E-state index in [4.69, 9.17) is 14.2 Å². The molecule has 47 heavy (non-hydrogen) atoms. The van der Waals surface area contributed by atoms with Crippen LogP contribution in [-0.2, 0) is 16.1 Å². The summed E-state index contributed by atoms with van der Waals surface area (Å²) in [7, 11) is 0. The Morgan fingerprint density at radius 1 is 0.851 bits per heavy atom. The predicted molar refractivity (Wildman–Crippen MR) is 167 cm³/mol. The molecule has 0 bridgehead atoms. The maximum Gasteiger partial charge on any atom is 0.456 e. The fourth-order valence-electron chi connectivity index (χ4n) is 9.82. The molecule has 0 amide bonds. The number of allylic oxidation sites excluding steroid dienone is 2. The molecule has 1 aliphatic heterocycles. The average Bonchev–Trinajstić information content (AvgIpc) is 3.32. The third-order valence-electron chi connectivity index (χ3n) is 12.3. The van der Waals surface area contributed by atoms with Crippen LogP contribution in [0.1, 0.15) is 89.2 Å². The summed E-state index contributed by atoms with van der Waals surface area (Å²) in [6.45, 7) is 7.33. The molecule has 2 aromatic rings. The molecule has 1 saturated heterocycles. The van der Waals surface area contributed by atoms with Gasteiger partial charge in [0.25, 0.3) is 0 Å². The Kier molecular flexibility index (Phi) is 7.92. The zero-order valence-corrected chi connectivity index (χ0v) is 27.3. The van der Waals surface area contributed by atoms with Crippen LogP contribution in [0.25, 0.3) is 0 Å². The molecule has 1 N–H and O–H groups in total. The summed E-state index contributed by atoms with van der Waals surface area (Å²) in [5.74, 6) is -6.11. The normalized spacial score (nSPS) is 34.8. The molecule has 5 aliphatic rings. The van der Waals surface area contributed by atoms with E-state index in [0.717, 1.165) is 24.0 Å². The molecule has 4 nitrogen and oxygen atoms in total. The maximum absolute atomic E-state index is 15.4. The summed E-state index contributed by atoms with van der Waals surface area (Å²) in [6.07, 6.45) is -2.69. The van der Waals surface area contributed by atoms with E-state index in [0.29, 0.717) is 44.8 Å². The molecule has 6 atom stereocenters. The average molecular weight is 661 g/mol. The number of aliphatic hydroxyl groups is 1. The third kappa shape index (κ3) is 5.34. The van der Waals surface area contributed by atoms with E-state index in [1.165, 1.54) is 18.1 Å². The molecule has 1 spiro atoms. The lowest BCUT2D eigenvalue weighted by Gasteiger charge is -2.57. The van der Waals surface area contributed by atoms with Gasteiger partial charge in [0.05, 0.1) is 13.2 Å². The molecule has 7 rings (SSSR count). The van der Waals surface area contributed by atoms with Crippen LogP contribution >= 0.6 is 0 Å². The zero-order chi connectivity index (χ0) is 33.5. The number of hydrogen-bond donors (Lipinski definition) is 1. The van der Waals surface area contributed by atoms with Gasteiger partial charge in [-0.05, 0) is 79.5 Å². The number of ether oxygens (including phenoxy) is 3. The molecule has 0 aromatic heterocycles. The lowest BCUT2D eigenvalue weighted by molar-refractivity contribution is -0.362. The van der Waals surface area contributed by atoms with Crippen molar-refractivity contribution in [2.75, 3.05) is 13.2 Å². The van der Waals surface area contributed by atoms with E-state index in [1.54, 1.807) is 0 Å². The summed E-state index contributed by atoms with van der Waals surface area (Å²) in [4.78, 5) is 0. The Morgan fingerprint density at radius 2 is 1.53 bits per heavy atom. The summed E-state index contributed by atoms with van der Waals surface area (Å²) >= 11 is 0. The van der Waals surface area contributed by atoms with Crippen molar-refractivity contribution in [3.05, 3.63) is 76.9 Å². The second-order valence-corrected chi connectivity index (χ2v) is 15.8. The molecule has 2 aromatic carbocycles. The second kappa shape index (κ2) is 11.3. The maximum atomic E-state index is 15.4. The van der Waals surface area contributed by atoms with Crippen molar-refractivity contribution in [2.45, 2.75) is 108 Å². The van der Waals surface area contributed by atoms with Gasteiger partial charge in [-0.15, -0.1) is 0 Å². The molecule has 4 aliphatic carbocycles. The summed E-state index contributed by atoms with van der Waals surface area (Å²) in [5.41, 5.74) is -0.554. The van der Waals surface area contributed by atoms with Gasteiger partial charge < -0.3 is 19.3 Å². The van der Waals surface area contributed by atoms with Crippen LogP contribution in [0.5, 0.6) is 5.75 Å². The highest BCUT2D eigenvalue weighted by Crippen LogP contribution is 2.71. The minimum absolute atomic E-state index is 0.0123. The molecular weight excluding hydrogens is 615 g/mol. The monoisotopic (exact) mass is 660 g/mol. The Balaban J connectivity index is 1.25.